The molecule has 0 spiro atoms. The standard InChI is InChI=1S/C28H29NO3/c1-20(21-10-6-4-7-11-21)29-19-22(18-26(29)30)27(31)32-25-16-14-24(15-17-25)28(2,3)23-12-8-5-9-13-23/h4-17,20,22H,18-19H2,1-3H3/t20-,22+/m1/s1. The Balaban J connectivity index is 1.41. The summed E-state index contributed by atoms with van der Waals surface area (Å²) in [4.78, 5) is 27.1. The van der Waals surface area contributed by atoms with Gasteiger partial charge in [-0.15, -0.1) is 0 Å². The minimum Gasteiger partial charge on any atom is -0.426 e. The molecule has 3 aromatic rings. The third kappa shape index (κ3) is 4.45. The van der Waals surface area contributed by atoms with Crippen molar-refractivity contribution < 1.29 is 14.3 Å². The number of esters is 1. The van der Waals surface area contributed by atoms with E-state index in [1.807, 2.05) is 79.7 Å². The molecule has 0 radical (unpaired) electrons. The van der Waals surface area contributed by atoms with E-state index in [2.05, 4.69) is 26.0 Å². The second-order valence-corrected chi connectivity index (χ2v) is 8.97. The van der Waals surface area contributed by atoms with Gasteiger partial charge in [-0.05, 0) is 35.7 Å². The molecule has 0 bridgehead atoms. The Hall–Kier alpha value is -3.40. The molecule has 3 aromatic carbocycles. The van der Waals surface area contributed by atoms with E-state index < -0.39 is 5.92 Å². The molecule has 2 atom stereocenters. The van der Waals surface area contributed by atoms with Crippen molar-refractivity contribution >= 4 is 11.9 Å². The second-order valence-electron chi connectivity index (χ2n) is 8.97. The van der Waals surface area contributed by atoms with Crippen molar-refractivity contribution in [2.45, 2.75) is 38.6 Å². The lowest BCUT2D eigenvalue weighted by Crippen LogP contribution is -2.30. The van der Waals surface area contributed by atoms with E-state index in [9.17, 15) is 9.59 Å². The maximum atomic E-state index is 12.8. The first-order chi connectivity index (χ1) is 15.4. The van der Waals surface area contributed by atoms with Crippen molar-refractivity contribution in [2.75, 3.05) is 6.54 Å². The number of amides is 1. The second kappa shape index (κ2) is 8.99. The highest BCUT2D eigenvalue weighted by molar-refractivity contribution is 5.88. The number of rotatable bonds is 6. The topological polar surface area (TPSA) is 46.6 Å². The van der Waals surface area contributed by atoms with Gasteiger partial charge in [0.2, 0.25) is 5.91 Å². The first-order valence-electron chi connectivity index (χ1n) is 11.1. The molecule has 1 aliphatic heterocycles. The van der Waals surface area contributed by atoms with E-state index >= 15 is 0 Å². The first-order valence-corrected chi connectivity index (χ1v) is 11.1. The van der Waals surface area contributed by atoms with Gasteiger partial charge in [0.25, 0.3) is 0 Å². The number of benzene rings is 3. The molecule has 4 rings (SSSR count). The average molecular weight is 428 g/mol. The van der Waals surface area contributed by atoms with E-state index in [0.29, 0.717) is 12.3 Å². The third-order valence-corrected chi connectivity index (χ3v) is 6.53. The van der Waals surface area contributed by atoms with Crippen LogP contribution in [0.25, 0.3) is 0 Å². The van der Waals surface area contributed by atoms with E-state index in [4.69, 9.17) is 4.74 Å². The number of hydrogen-bond donors (Lipinski definition) is 0. The molecule has 0 aromatic heterocycles. The van der Waals surface area contributed by atoms with Crippen LogP contribution in [0.4, 0.5) is 0 Å². The highest BCUT2D eigenvalue weighted by atomic mass is 16.5. The molecule has 1 fully saturated rings. The average Bonchev–Trinajstić information content (AvgIpc) is 3.22. The number of carbonyl (C=O) groups excluding carboxylic acids is 2. The van der Waals surface area contributed by atoms with Crippen molar-refractivity contribution in [2.24, 2.45) is 5.92 Å². The molecule has 0 unspecified atom stereocenters. The van der Waals surface area contributed by atoms with Gasteiger partial charge in [0.1, 0.15) is 5.75 Å². The monoisotopic (exact) mass is 427 g/mol. The Morgan fingerprint density at radius 1 is 0.906 bits per heavy atom. The van der Waals surface area contributed by atoms with Crippen LogP contribution >= 0.6 is 0 Å². The minimum absolute atomic E-state index is 0.0109. The number of hydrogen-bond acceptors (Lipinski definition) is 3. The Morgan fingerprint density at radius 2 is 1.47 bits per heavy atom. The first kappa shape index (κ1) is 21.8. The molecule has 0 aliphatic carbocycles. The molecule has 1 saturated heterocycles. The molecule has 1 amide bonds. The number of carbonyl (C=O) groups is 2. The number of nitrogens with zero attached hydrogens (tertiary/aromatic N) is 1. The summed E-state index contributed by atoms with van der Waals surface area (Å²) in [6, 6.07) is 27.8. The molecule has 164 valence electrons. The van der Waals surface area contributed by atoms with Gasteiger partial charge in [0.15, 0.2) is 0 Å². The van der Waals surface area contributed by atoms with Gasteiger partial charge in [-0.3, -0.25) is 9.59 Å². The zero-order valence-electron chi connectivity index (χ0n) is 18.8. The van der Waals surface area contributed by atoms with Gasteiger partial charge < -0.3 is 9.64 Å². The van der Waals surface area contributed by atoms with Gasteiger partial charge in [0, 0.05) is 18.4 Å². The summed E-state index contributed by atoms with van der Waals surface area (Å²) < 4.78 is 5.64. The van der Waals surface area contributed by atoms with Gasteiger partial charge in [-0.25, -0.2) is 0 Å². The van der Waals surface area contributed by atoms with Crippen LogP contribution in [0.1, 0.15) is 49.9 Å². The lowest BCUT2D eigenvalue weighted by molar-refractivity contribution is -0.139. The number of likely N-dealkylation sites (tertiary alicyclic amines) is 1. The largest absolute Gasteiger partial charge is 0.426 e. The van der Waals surface area contributed by atoms with Crippen LogP contribution in [0.15, 0.2) is 84.9 Å². The fourth-order valence-corrected chi connectivity index (χ4v) is 4.34. The van der Waals surface area contributed by atoms with Crippen LogP contribution in [0.5, 0.6) is 5.75 Å². The quantitative estimate of drug-likeness (QED) is 0.384. The van der Waals surface area contributed by atoms with Crippen molar-refractivity contribution in [3.05, 3.63) is 102 Å². The Morgan fingerprint density at radius 3 is 2.09 bits per heavy atom. The van der Waals surface area contributed by atoms with Crippen LogP contribution in [-0.2, 0) is 15.0 Å². The summed E-state index contributed by atoms with van der Waals surface area (Å²) >= 11 is 0. The van der Waals surface area contributed by atoms with Crippen molar-refractivity contribution in [3.63, 3.8) is 0 Å². The van der Waals surface area contributed by atoms with E-state index in [-0.39, 0.29) is 29.8 Å². The van der Waals surface area contributed by atoms with E-state index in [1.165, 1.54) is 5.56 Å². The van der Waals surface area contributed by atoms with Crippen molar-refractivity contribution in [1.29, 1.82) is 0 Å². The summed E-state index contributed by atoms with van der Waals surface area (Å²) in [7, 11) is 0. The SMILES string of the molecule is C[C@H](c1ccccc1)N1C[C@@H](C(=O)Oc2ccc(C(C)(C)c3ccccc3)cc2)CC1=O. The van der Waals surface area contributed by atoms with Crippen molar-refractivity contribution in [3.8, 4) is 5.75 Å². The van der Waals surface area contributed by atoms with Crippen LogP contribution in [-0.4, -0.2) is 23.3 Å². The highest BCUT2D eigenvalue weighted by Gasteiger charge is 2.38. The summed E-state index contributed by atoms with van der Waals surface area (Å²) in [6.07, 6.45) is 0.190. The molecule has 0 N–H and O–H groups in total. The molecule has 1 aliphatic rings. The van der Waals surface area contributed by atoms with Crippen LogP contribution in [0.2, 0.25) is 0 Å². The van der Waals surface area contributed by atoms with Gasteiger partial charge in [0.05, 0.1) is 12.0 Å². The number of ether oxygens (including phenoxy) is 1. The maximum absolute atomic E-state index is 12.8. The Bertz CT molecular complexity index is 1070. The zero-order chi connectivity index (χ0) is 22.7. The van der Waals surface area contributed by atoms with Crippen LogP contribution in [0.3, 0.4) is 0 Å². The molecule has 32 heavy (non-hydrogen) atoms. The minimum atomic E-state index is -0.450. The van der Waals surface area contributed by atoms with Crippen molar-refractivity contribution in [1.82, 2.24) is 4.90 Å². The van der Waals surface area contributed by atoms with Gasteiger partial charge in [-0.1, -0.05) is 86.6 Å². The maximum Gasteiger partial charge on any atom is 0.316 e. The van der Waals surface area contributed by atoms with Crippen LogP contribution < -0.4 is 4.74 Å². The molecule has 1 heterocycles. The molecule has 4 heteroatoms. The summed E-state index contributed by atoms with van der Waals surface area (Å²) in [5, 5.41) is 0. The third-order valence-electron chi connectivity index (χ3n) is 6.53. The van der Waals surface area contributed by atoms with Crippen LogP contribution in [0, 0.1) is 5.92 Å². The van der Waals surface area contributed by atoms with E-state index in [1.54, 1.807) is 4.90 Å². The fourth-order valence-electron chi connectivity index (χ4n) is 4.34. The molecular weight excluding hydrogens is 398 g/mol. The molecule has 0 saturated carbocycles. The smallest absolute Gasteiger partial charge is 0.316 e. The predicted molar refractivity (Wildman–Crippen MR) is 125 cm³/mol. The lowest BCUT2D eigenvalue weighted by Gasteiger charge is -2.26. The Kier molecular flexibility index (Phi) is 6.13. The zero-order valence-corrected chi connectivity index (χ0v) is 18.8. The predicted octanol–water partition coefficient (Wildman–Crippen LogP) is 5.53. The molecular formula is C28H29NO3. The van der Waals surface area contributed by atoms with E-state index in [0.717, 1.165) is 11.1 Å². The lowest BCUT2D eigenvalue weighted by atomic mass is 9.78. The summed E-state index contributed by atoms with van der Waals surface area (Å²) in [6.45, 7) is 6.73. The summed E-state index contributed by atoms with van der Waals surface area (Å²) in [5.41, 5.74) is 3.27. The van der Waals surface area contributed by atoms with Gasteiger partial charge in [-0.2, -0.15) is 0 Å². The normalized spacial score (nSPS) is 17.3. The fraction of sp³-hybridized carbons (Fsp3) is 0.286. The molecule has 4 nitrogen and oxygen atoms in total. The highest BCUT2D eigenvalue weighted by Crippen LogP contribution is 2.33. The Labute approximate surface area is 189 Å². The van der Waals surface area contributed by atoms with Gasteiger partial charge >= 0.3 is 5.97 Å². The summed E-state index contributed by atoms with van der Waals surface area (Å²) in [5.74, 6) is -0.307.